The molecular formula is C25H30N6O3. The fourth-order valence-electron chi connectivity index (χ4n) is 4.76. The monoisotopic (exact) mass is 462 g/mol. The van der Waals surface area contributed by atoms with Crippen molar-refractivity contribution in [2.24, 2.45) is 0 Å². The molecule has 9 heteroatoms. The van der Waals surface area contributed by atoms with E-state index >= 15 is 0 Å². The molecule has 2 aromatic heterocycles. The number of piperazine rings is 1. The molecule has 0 bridgehead atoms. The van der Waals surface area contributed by atoms with Crippen LogP contribution in [0.25, 0.3) is 5.65 Å². The van der Waals surface area contributed by atoms with Crippen LogP contribution in [0.5, 0.6) is 5.75 Å². The second kappa shape index (κ2) is 8.72. The van der Waals surface area contributed by atoms with Gasteiger partial charge >= 0.3 is 0 Å². The van der Waals surface area contributed by atoms with Gasteiger partial charge < -0.3 is 15.0 Å². The lowest BCUT2D eigenvalue weighted by molar-refractivity contribution is -0.130. The summed E-state index contributed by atoms with van der Waals surface area (Å²) in [4.78, 5) is 33.4. The van der Waals surface area contributed by atoms with Gasteiger partial charge in [0.15, 0.2) is 5.65 Å². The van der Waals surface area contributed by atoms with Gasteiger partial charge in [-0.1, -0.05) is 0 Å². The van der Waals surface area contributed by atoms with Crippen molar-refractivity contribution in [2.75, 3.05) is 38.0 Å². The third-order valence-corrected chi connectivity index (χ3v) is 6.58. The average molecular weight is 463 g/mol. The van der Waals surface area contributed by atoms with Crippen molar-refractivity contribution >= 4 is 23.1 Å². The summed E-state index contributed by atoms with van der Waals surface area (Å²) < 4.78 is 7.76. The summed E-state index contributed by atoms with van der Waals surface area (Å²) in [6.45, 7) is 9.82. The van der Waals surface area contributed by atoms with E-state index in [2.05, 4.69) is 40.2 Å². The van der Waals surface area contributed by atoms with E-state index in [4.69, 9.17) is 4.74 Å². The van der Waals surface area contributed by atoms with Gasteiger partial charge in [0.05, 0.1) is 6.20 Å². The molecule has 0 aliphatic carbocycles. The molecular weight excluding hydrogens is 432 g/mol. The van der Waals surface area contributed by atoms with Crippen LogP contribution < -0.4 is 10.1 Å². The molecule has 1 saturated heterocycles. The number of amides is 2. The molecule has 4 heterocycles. The number of benzene rings is 1. The van der Waals surface area contributed by atoms with E-state index in [9.17, 15) is 9.59 Å². The second-order valence-electron chi connectivity index (χ2n) is 9.65. The highest BCUT2D eigenvalue weighted by atomic mass is 16.5. The summed E-state index contributed by atoms with van der Waals surface area (Å²) in [6.07, 6.45) is 6.52. The smallest absolute Gasteiger partial charge is 0.261 e. The quantitative estimate of drug-likeness (QED) is 0.626. The number of fused-ring (bicyclic) bond motifs is 2. The lowest BCUT2D eigenvalue weighted by Crippen LogP contribution is -2.48. The summed E-state index contributed by atoms with van der Waals surface area (Å²) in [5.74, 6) is 0.783. The number of rotatable bonds is 5. The van der Waals surface area contributed by atoms with Gasteiger partial charge in [-0.05, 0) is 44.0 Å². The molecule has 9 nitrogen and oxygen atoms in total. The second-order valence-corrected chi connectivity index (χ2v) is 9.65. The number of nitrogens with zero attached hydrogens (tertiary/aromatic N) is 5. The van der Waals surface area contributed by atoms with Crippen LogP contribution in [0.15, 0.2) is 36.8 Å². The number of anilines is 1. The fourth-order valence-corrected chi connectivity index (χ4v) is 4.76. The molecule has 2 aliphatic rings. The van der Waals surface area contributed by atoms with Crippen LogP contribution in [0.1, 0.15) is 42.3 Å². The van der Waals surface area contributed by atoms with Crippen LogP contribution in [0.2, 0.25) is 0 Å². The molecule has 0 saturated carbocycles. The highest BCUT2D eigenvalue weighted by Crippen LogP contribution is 2.38. The van der Waals surface area contributed by atoms with E-state index in [0.29, 0.717) is 11.2 Å². The Morgan fingerprint density at radius 3 is 2.74 bits per heavy atom. The number of carbonyl (C=O) groups excluding carboxylic acids is 2. The van der Waals surface area contributed by atoms with Crippen LogP contribution in [-0.2, 0) is 17.6 Å². The van der Waals surface area contributed by atoms with Crippen molar-refractivity contribution in [3.8, 4) is 5.75 Å². The van der Waals surface area contributed by atoms with E-state index in [0.717, 1.165) is 68.1 Å². The minimum Gasteiger partial charge on any atom is -0.487 e. The zero-order valence-corrected chi connectivity index (χ0v) is 19.9. The number of ether oxygens (including phenoxy) is 1. The van der Waals surface area contributed by atoms with Crippen molar-refractivity contribution in [1.29, 1.82) is 0 Å². The predicted molar refractivity (Wildman–Crippen MR) is 128 cm³/mol. The van der Waals surface area contributed by atoms with Crippen LogP contribution >= 0.6 is 0 Å². The Balaban J connectivity index is 1.36. The lowest BCUT2D eigenvalue weighted by atomic mass is 9.98. The molecule has 2 aliphatic heterocycles. The van der Waals surface area contributed by atoms with Crippen LogP contribution in [-0.4, -0.2) is 74.5 Å². The van der Waals surface area contributed by atoms with Gasteiger partial charge in [-0.3, -0.25) is 14.5 Å². The fraction of sp³-hybridized carbons (Fsp3) is 0.440. The lowest BCUT2D eigenvalue weighted by Gasteiger charge is -2.34. The molecule has 1 aromatic carbocycles. The molecule has 0 unspecified atom stereocenters. The number of carbonyl (C=O) groups is 2. The number of hydrogen-bond donors (Lipinski definition) is 1. The Hall–Kier alpha value is -3.46. The molecule has 178 valence electrons. The van der Waals surface area contributed by atoms with Crippen LogP contribution in [0, 0.1) is 0 Å². The van der Waals surface area contributed by atoms with Crippen LogP contribution in [0.3, 0.4) is 0 Å². The third-order valence-electron chi connectivity index (χ3n) is 6.58. The molecule has 1 fully saturated rings. The van der Waals surface area contributed by atoms with Crippen molar-refractivity contribution < 1.29 is 14.3 Å². The Kier molecular flexibility index (Phi) is 5.73. The molecule has 3 aromatic rings. The Morgan fingerprint density at radius 2 is 1.97 bits per heavy atom. The third kappa shape index (κ3) is 4.48. The van der Waals surface area contributed by atoms with E-state index in [-0.39, 0.29) is 17.4 Å². The Bertz CT molecular complexity index is 1240. The van der Waals surface area contributed by atoms with Gasteiger partial charge in [-0.2, -0.15) is 5.10 Å². The first-order valence-corrected chi connectivity index (χ1v) is 11.7. The van der Waals surface area contributed by atoms with Gasteiger partial charge in [0.25, 0.3) is 5.91 Å². The Morgan fingerprint density at radius 1 is 1.18 bits per heavy atom. The summed E-state index contributed by atoms with van der Waals surface area (Å²) in [7, 11) is 0. The zero-order chi connectivity index (χ0) is 23.9. The summed E-state index contributed by atoms with van der Waals surface area (Å²) in [5, 5.41) is 7.35. The Labute approximate surface area is 198 Å². The van der Waals surface area contributed by atoms with Crippen LogP contribution in [0.4, 0.5) is 5.69 Å². The van der Waals surface area contributed by atoms with E-state index < -0.39 is 0 Å². The summed E-state index contributed by atoms with van der Waals surface area (Å²) >= 11 is 0. The van der Waals surface area contributed by atoms with E-state index in [1.54, 1.807) is 36.1 Å². The largest absolute Gasteiger partial charge is 0.487 e. The van der Waals surface area contributed by atoms with Gasteiger partial charge in [0, 0.05) is 69.7 Å². The molecule has 0 atom stereocenters. The molecule has 34 heavy (non-hydrogen) atoms. The highest BCUT2D eigenvalue weighted by molar-refractivity contribution is 6.08. The molecule has 0 radical (unpaired) electrons. The normalized spacial score (nSPS) is 17.4. The van der Waals surface area contributed by atoms with Crippen molar-refractivity contribution in [1.82, 2.24) is 24.4 Å². The number of hydrogen-bond acceptors (Lipinski definition) is 6. The first-order chi connectivity index (χ1) is 16.3. The molecule has 1 N–H and O–H groups in total. The summed E-state index contributed by atoms with van der Waals surface area (Å²) in [5.41, 5.74) is 3.61. The average Bonchev–Trinajstić information content (AvgIpc) is 3.36. The zero-order valence-electron chi connectivity index (χ0n) is 19.9. The first-order valence-electron chi connectivity index (χ1n) is 11.7. The van der Waals surface area contributed by atoms with Gasteiger partial charge in [0.1, 0.15) is 16.9 Å². The van der Waals surface area contributed by atoms with Gasteiger partial charge in [-0.15, -0.1) is 0 Å². The molecule has 2 amide bonds. The van der Waals surface area contributed by atoms with Crippen molar-refractivity contribution in [3.05, 3.63) is 53.5 Å². The maximum atomic E-state index is 13.2. The maximum Gasteiger partial charge on any atom is 0.261 e. The minimum atomic E-state index is -0.266. The van der Waals surface area contributed by atoms with Gasteiger partial charge in [0.2, 0.25) is 5.91 Å². The minimum absolute atomic E-state index is 0.130. The highest BCUT2D eigenvalue weighted by Gasteiger charge is 2.31. The maximum absolute atomic E-state index is 13.2. The number of nitrogens with one attached hydrogen (secondary N) is 1. The van der Waals surface area contributed by atoms with Gasteiger partial charge in [-0.25, -0.2) is 9.50 Å². The first kappa shape index (κ1) is 22.3. The van der Waals surface area contributed by atoms with Crippen molar-refractivity contribution in [2.45, 2.75) is 39.2 Å². The SMILES string of the molecule is CC(=O)N1CCN(CCc2cc3c(cc2NC(=O)c2cnn4cccnc24)CC(C)(C)O3)CC1. The summed E-state index contributed by atoms with van der Waals surface area (Å²) in [6, 6.07) is 5.89. The standard InChI is InChI=1S/C25H30N6O3/c1-17(32)30-11-9-29(10-12-30)8-5-18-14-22-19(15-25(2,3)34-22)13-21(18)28-24(33)20-16-27-31-7-4-6-26-23(20)31/h4,6-7,13-14,16H,5,8-12,15H2,1-3H3,(H,28,33). The van der Waals surface area contributed by atoms with E-state index in [1.807, 2.05) is 11.0 Å². The van der Waals surface area contributed by atoms with Crippen molar-refractivity contribution in [3.63, 3.8) is 0 Å². The van der Waals surface area contributed by atoms with E-state index in [1.165, 1.54) is 0 Å². The number of aromatic nitrogens is 3. The molecule has 0 spiro atoms. The predicted octanol–water partition coefficient (Wildman–Crippen LogP) is 2.40. The topological polar surface area (TPSA) is 92.1 Å². The molecule has 5 rings (SSSR count).